The summed E-state index contributed by atoms with van der Waals surface area (Å²) in [7, 11) is -4.04. The number of anilines is 3. The minimum absolute atomic E-state index is 0.129. The van der Waals surface area contributed by atoms with E-state index in [9.17, 15) is 18.3 Å². The number of carboxylic acid groups (broad SMARTS) is 1. The van der Waals surface area contributed by atoms with Crippen molar-refractivity contribution in [2.45, 2.75) is 5.09 Å². The van der Waals surface area contributed by atoms with Crippen LogP contribution in [0.5, 0.6) is 0 Å². The van der Waals surface area contributed by atoms with E-state index in [-0.39, 0.29) is 16.3 Å². The van der Waals surface area contributed by atoms with Crippen molar-refractivity contribution in [3.63, 3.8) is 0 Å². The Hall–Kier alpha value is -3.98. The van der Waals surface area contributed by atoms with E-state index in [1.54, 1.807) is 66.7 Å². The summed E-state index contributed by atoms with van der Waals surface area (Å²) in [4.78, 5) is 11.3. The van der Waals surface area contributed by atoms with E-state index in [0.717, 1.165) is 5.56 Å². The lowest BCUT2D eigenvalue weighted by Crippen LogP contribution is -2.13. The van der Waals surface area contributed by atoms with Crippen LogP contribution >= 0.6 is 23.2 Å². The third kappa shape index (κ3) is 5.27. The molecule has 0 atom stereocenters. The van der Waals surface area contributed by atoms with Crippen molar-refractivity contribution in [3.05, 3.63) is 107 Å². The van der Waals surface area contributed by atoms with Gasteiger partial charge in [-0.2, -0.15) is 8.42 Å². The third-order valence-electron chi connectivity index (χ3n) is 5.58. The molecule has 7 nitrogen and oxygen atoms in total. The Labute approximate surface area is 222 Å². The molecule has 0 aliphatic carbocycles. The Morgan fingerprint density at radius 2 is 1.59 bits per heavy atom. The summed E-state index contributed by atoms with van der Waals surface area (Å²) in [6.45, 7) is 0. The van der Waals surface area contributed by atoms with Gasteiger partial charge < -0.3 is 14.8 Å². The molecule has 186 valence electrons. The fourth-order valence-electron chi connectivity index (χ4n) is 3.76. The molecule has 5 rings (SSSR count). The van der Waals surface area contributed by atoms with Crippen molar-refractivity contribution in [3.8, 4) is 11.1 Å². The number of furan rings is 1. The first kappa shape index (κ1) is 24.7. The Morgan fingerprint density at radius 3 is 2.32 bits per heavy atom. The fraction of sp³-hybridized carbons (Fsp3) is 0. The number of carboxylic acids is 1. The van der Waals surface area contributed by atoms with Crippen LogP contribution < -0.4 is 10.0 Å². The molecule has 1 aromatic heterocycles. The van der Waals surface area contributed by atoms with Gasteiger partial charge in [-0.1, -0.05) is 53.5 Å². The number of sulfonamides is 1. The molecule has 0 bridgehead atoms. The van der Waals surface area contributed by atoms with E-state index in [4.69, 9.17) is 27.6 Å². The molecule has 4 aromatic carbocycles. The Kier molecular flexibility index (Phi) is 6.55. The standard InChI is InChI=1S/C27H18Cl2N2O5S/c28-19-8-12-23(24(15-19)31-37(34,35)26-14-17-3-1-2-4-25(17)36-26)30-20-9-5-16(6-10-20)21-13-18(27(32)33)7-11-22(21)29/h1-15,30-31H,(H,32,33). The van der Waals surface area contributed by atoms with Crippen LogP contribution in [0.25, 0.3) is 22.1 Å². The molecule has 0 aliphatic heterocycles. The van der Waals surface area contributed by atoms with Crippen molar-refractivity contribution in [2.75, 3.05) is 10.0 Å². The minimum Gasteiger partial charge on any atom is -0.478 e. The van der Waals surface area contributed by atoms with Crippen LogP contribution in [0, 0.1) is 0 Å². The zero-order chi connectivity index (χ0) is 26.2. The van der Waals surface area contributed by atoms with Gasteiger partial charge in [-0.25, -0.2) is 4.79 Å². The van der Waals surface area contributed by atoms with Crippen LogP contribution in [0.15, 0.2) is 101 Å². The molecule has 0 unspecified atom stereocenters. The molecule has 37 heavy (non-hydrogen) atoms. The fourth-order valence-corrected chi connectivity index (χ4v) is 5.20. The summed E-state index contributed by atoms with van der Waals surface area (Å²) in [5.41, 5.74) is 3.24. The third-order valence-corrected chi connectivity index (χ3v) is 7.37. The Balaban J connectivity index is 1.42. The van der Waals surface area contributed by atoms with Crippen LogP contribution in [0.3, 0.4) is 0 Å². The molecular formula is C27H18Cl2N2O5S. The topological polar surface area (TPSA) is 109 Å². The van der Waals surface area contributed by atoms with Crippen molar-refractivity contribution in [1.29, 1.82) is 0 Å². The van der Waals surface area contributed by atoms with Gasteiger partial charge in [-0.05, 0) is 60.2 Å². The SMILES string of the molecule is O=C(O)c1ccc(Cl)c(-c2ccc(Nc3ccc(Cl)cc3NS(=O)(=O)c3cc4ccccc4o3)cc2)c1. The first-order chi connectivity index (χ1) is 17.7. The molecule has 0 saturated heterocycles. The van der Waals surface area contributed by atoms with Gasteiger partial charge in [-0.3, -0.25) is 4.72 Å². The molecule has 10 heteroatoms. The lowest BCUT2D eigenvalue weighted by molar-refractivity contribution is 0.0697. The summed E-state index contributed by atoms with van der Waals surface area (Å²) in [6.07, 6.45) is 0. The number of fused-ring (bicyclic) bond motifs is 1. The summed E-state index contributed by atoms with van der Waals surface area (Å²) in [5, 5.41) is 13.7. The van der Waals surface area contributed by atoms with Crippen LogP contribution in [0.1, 0.15) is 10.4 Å². The molecule has 1 heterocycles. The second-order valence-corrected chi connectivity index (χ2v) is 10.6. The number of benzene rings is 4. The molecule has 0 fully saturated rings. The Bertz CT molecular complexity index is 1720. The maximum atomic E-state index is 13.1. The number of nitrogens with one attached hydrogen (secondary N) is 2. The van der Waals surface area contributed by atoms with Gasteiger partial charge in [0.05, 0.1) is 16.9 Å². The molecule has 3 N–H and O–H groups in total. The normalized spacial score (nSPS) is 11.4. The number of hydrogen-bond donors (Lipinski definition) is 3. The highest BCUT2D eigenvalue weighted by atomic mass is 35.5. The summed E-state index contributed by atoms with van der Waals surface area (Å²) >= 11 is 12.4. The lowest BCUT2D eigenvalue weighted by Gasteiger charge is -2.14. The van der Waals surface area contributed by atoms with E-state index in [1.165, 1.54) is 24.3 Å². The number of aromatic carboxylic acids is 1. The zero-order valence-electron chi connectivity index (χ0n) is 18.9. The summed E-state index contributed by atoms with van der Waals surface area (Å²) in [6, 6.07) is 24.8. The highest BCUT2D eigenvalue weighted by molar-refractivity contribution is 7.92. The molecule has 0 spiro atoms. The van der Waals surface area contributed by atoms with Crippen molar-refractivity contribution >= 4 is 67.2 Å². The highest BCUT2D eigenvalue weighted by Gasteiger charge is 2.21. The molecule has 0 saturated carbocycles. The van der Waals surface area contributed by atoms with Crippen molar-refractivity contribution in [1.82, 2.24) is 0 Å². The number of hydrogen-bond acceptors (Lipinski definition) is 5. The van der Waals surface area contributed by atoms with Gasteiger partial charge in [0, 0.05) is 32.7 Å². The van der Waals surface area contributed by atoms with Crippen molar-refractivity contribution in [2.24, 2.45) is 0 Å². The van der Waals surface area contributed by atoms with Crippen LogP contribution in [-0.2, 0) is 10.0 Å². The molecule has 5 aromatic rings. The predicted molar refractivity (Wildman–Crippen MR) is 146 cm³/mol. The van der Waals surface area contributed by atoms with Gasteiger partial charge in [0.1, 0.15) is 5.58 Å². The number of halogens is 2. The quantitative estimate of drug-likeness (QED) is 0.191. The zero-order valence-corrected chi connectivity index (χ0v) is 21.2. The van der Waals surface area contributed by atoms with Gasteiger partial charge in [0.2, 0.25) is 5.09 Å². The maximum absolute atomic E-state index is 13.1. The van der Waals surface area contributed by atoms with Gasteiger partial charge >= 0.3 is 5.97 Å². The van der Waals surface area contributed by atoms with Gasteiger partial charge in [0.15, 0.2) is 0 Å². The predicted octanol–water partition coefficient (Wildman–Crippen LogP) is 7.65. The molecule has 0 amide bonds. The molecule has 0 radical (unpaired) electrons. The summed E-state index contributed by atoms with van der Waals surface area (Å²) in [5.74, 6) is -1.04. The first-order valence-corrected chi connectivity index (χ1v) is 13.1. The minimum atomic E-state index is -4.04. The van der Waals surface area contributed by atoms with Crippen molar-refractivity contribution < 1.29 is 22.7 Å². The van der Waals surface area contributed by atoms with Gasteiger partial charge in [-0.15, -0.1) is 0 Å². The van der Waals surface area contributed by atoms with E-state index in [2.05, 4.69) is 10.0 Å². The second-order valence-electron chi connectivity index (χ2n) is 8.10. The van der Waals surface area contributed by atoms with E-state index in [0.29, 0.717) is 38.0 Å². The molecule has 0 aliphatic rings. The van der Waals surface area contributed by atoms with Crippen LogP contribution in [0.4, 0.5) is 17.1 Å². The summed E-state index contributed by atoms with van der Waals surface area (Å²) < 4.78 is 34.2. The van der Waals surface area contributed by atoms with E-state index < -0.39 is 16.0 Å². The maximum Gasteiger partial charge on any atom is 0.335 e. The number of carbonyl (C=O) groups is 1. The van der Waals surface area contributed by atoms with Crippen LogP contribution in [0.2, 0.25) is 10.0 Å². The lowest BCUT2D eigenvalue weighted by atomic mass is 10.0. The Morgan fingerprint density at radius 1 is 0.838 bits per heavy atom. The second kappa shape index (κ2) is 9.82. The van der Waals surface area contributed by atoms with E-state index in [1.807, 2.05) is 0 Å². The average Bonchev–Trinajstić information content (AvgIpc) is 3.32. The monoisotopic (exact) mass is 552 g/mol. The highest BCUT2D eigenvalue weighted by Crippen LogP contribution is 2.34. The number of rotatable bonds is 7. The van der Waals surface area contributed by atoms with Gasteiger partial charge in [0.25, 0.3) is 10.0 Å². The number of para-hydroxylation sites is 1. The van der Waals surface area contributed by atoms with Crippen LogP contribution in [-0.4, -0.2) is 19.5 Å². The largest absolute Gasteiger partial charge is 0.478 e. The average molecular weight is 553 g/mol. The molecular weight excluding hydrogens is 535 g/mol. The smallest absolute Gasteiger partial charge is 0.335 e. The first-order valence-electron chi connectivity index (χ1n) is 10.9. The van der Waals surface area contributed by atoms with E-state index >= 15 is 0 Å².